The second-order valence-corrected chi connectivity index (χ2v) is 6.28. The van der Waals surface area contributed by atoms with Gasteiger partial charge in [0.15, 0.2) is 0 Å². The van der Waals surface area contributed by atoms with Crippen molar-refractivity contribution in [1.82, 2.24) is 4.57 Å². The number of aromatic nitrogens is 1. The zero-order chi connectivity index (χ0) is 17.8. The molecule has 3 aromatic rings. The van der Waals surface area contributed by atoms with Gasteiger partial charge in [-0.3, -0.25) is 4.79 Å². The fraction of sp³-hybridized carbons (Fsp3) is 0.190. The number of hydrogen-bond acceptors (Lipinski definition) is 1. The van der Waals surface area contributed by atoms with Crippen molar-refractivity contribution in [2.24, 2.45) is 0 Å². The average molecular weight is 336 g/mol. The molecular formula is C21H21FN2O. The Morgan fingerprint density at radius 1 is 1.08 bits per heavy atom. The Hall–Kier alpha value is -2.88. The highest BCUT2D eigenvalue weighted by molar-refractivity contribution is 5.91. The Bertz CT molecular complexity index is 871. The Labute approximate surface area is 147 Å². The fourth-order valence-electron chi connectivity index (χ4n) is 2.89. The van der Waals surface area contributed by atoms with Crippen molar-refractivity contribution < 1.29 is 9.18 Å². The third-order valence-electron chi connectivity index (χ3n) is 4.25. The summed E-state index contributed by atoms with van der Waals surface area (Å²) in [5.41, 5.74) is 3.25. The second kappa shape index (κ2) is 7.34. The van der Waals surface area contributed by atoms with Crippen LogP contribution in [-0.2, 0) is 4.79 Å². The van der Waals surface area contributed by atoms with E-state index in [1.807, 2.05) is 54.2 Å². The molecule has 128 valence electrons. The molecule has 0 fully saturated rings. The van der Waals surface area contributed by atoms with Gasteiger partial charge >= 0.3 is 0 Å². The number of nitrogens with one attached hydrogen (secondary N) is 1. The molecule has 0 bridgehead atoms. The number of carbonyl (C=O) groups is 1. The van der Waals surface area contributed by atoms with Crippen LogP contribution in [0, 0.1) is 19.7 Å². The number of anilines is 1. The summed E-state index contributed by atoms with van der Waals surface area (Å²) >= 11 is 0. The first kappa shape index (κ1) is 17.0. The van der Waals surface area contributed by atoms with E-state index in [0.29, 0.717) is 11.3 Å². The number of benzene rings is 2. The van der Waals surface area contributed by atoms with Crippen molar-refractivity contribution in [2.75, 3.05) is 5.32 Å². The molecule has 0 unspecified atom stereocenters. The Morgan fingerprint density at radius 3 is 2.52 bits per heavy atom. The molecule has 0 aliphatic heterocycles. The van der Waals surface area contributed by atoms with Crippen molar-refractivity contribution in [3.05, 3.63) is 89.5 Å². The largest absolute Gasteiger partial charge is 0.346 e. The number of aryl methyl sites for hydroxylation is 2. The SMILES string of the molecule is Cc1cccc([C@@H](CC(=O)Nc2ccc(C)c(F)c2)n2cccc2)c1. The second-order valence-electron chi connectivity index (χ2n) is 6.28. The van der Waals surface area contributed by atoms with Crippen LogP contribution in [0.2, 0.25) is 0 Å². The van der Waals surface area contributed by atoms with Gasteiger partial charge in [-0.25, -0.2) is 4.39 Å². The van der Waals surface area contributed by atoms with Gasteiger partial charge in [0.05, 0.1) is 12.5 Å². The van der Waals surface area contributed by atoms with Crippen LogP contribution < -0.4 is 5.32 Å². The number of carbonyl (C=O) groups excluding carboxylic acids is 1. The topological polar surface area (TPSA) is 34.0 Å². The number of nitrogens with zero attached hydrogens (tertiary/aromatic N) is 1. The van der Waals surface area contributed by atoms with E-state index in [1.54, 1.807) is 19.1 Å². The van der Waals surface area contributed by atoms with Gasteiger partial charge in [0.1, 0.15) is 5.82 Å². The summed E-state index contributed by atoms with van der Waals surface area (Å²) in [5.74, 6) is -0.470. The first-order chi connectivity index (χ1) is 12.0. The molecular weight excluding hydrogens is 315 g/mol. The van der Waals surface area contributed by atoms with E-state index in [1.165, 1.54) is 6.07 Å². The highest BCUT2D eigenvalue weighted by Gasteiger charge is 2.18. The van der Waals surface area contributed by atoms with E-state index >= 15 is 0 Å². The molecule has 1 N–H and O–H groups in total. The normalized spacial score (nSPS) is 12.0. The summed E-state index contributed by atoms with van der Waals surface area (Å²) in [6, 6.07) is 16.6. The van der Waals surface area contributed by atoms with Crippen molar-refractivity contribution in [3.8, 4) is 0 Å². The van der Waals surface area contributed by atoms with E-state index in [2.05, 4.69) is 11.4 Å². The molecule has 0 saturated carbocycles. The van der Waals surface area contributed by atoms with E-state index in [4.69, 9.17) is 0 Å². The lowest BCUT2D eigenvalue weighted by atomic mass is 10.0. The van der Waals surface area contributed by atoms with Crippen molar-refractivity contribution in [1.29, 1.82) is 0 Å². The summed E-state index contributed by atoms with van der Waals surface area (Å²) in [7, 11) is 0. The van der Waals surface area contributed by atoms with Gasteiger partial charge in [0.25, 0.3) is 0 Å². The molecule has 4 heteroatoms. The Balaban J connectivity index is 1.80. The van der Waals surface area contributed by atoms with Gasteiger partial charge in [-0.1, -0.05) is 35.9 Å². The molecule has 1 amide bonds. The first-order valence-corrected chi connectivity index (χ1v) is 8.28. The van der Waals surface area contributed by atoms with Crippen LogP contribution in [-0.4, -0.2) is 10.5 Å². The molecule has 0 saturated heterocycles. The monoisotopic (exact) mass is 336 g/mol. The predicted octanol–water partition coefficient (Wildman–Crippen LogP) is 4.86. The Morgan fingerprint density at radius 2 is 1.84 bits per heavy atom. The van der Waals surface area contributed by atoms with Crippen molar-refractivity contribution >= 4 is 11.6 Å². The van der Waals surface area contributed by atoms with Crippen LogP contribution in [0.5, 0.6) is 0 Å². The molecule has 25 heavy (non-hydrogen) atoms. The maximum atomic E-state index is 13.7. The van der Waals surface area contributed by atoms with Crippen molar-refractivity contribution in [3.63, 3.8) is 0 Å². The van der Waals surface area contributed by atoms with Gasteiger partial charge in [0.2, 0.25) is 5.91 Å². The van der Waals surface area contributed by atoms with E-state index in [-0.39, 0.29) is 24.2 Å². The quantitative estimate of drug-likeness (QED) is 0.709. The molecule has 3 nitrogen and oxygen atoms in total. The van der Waals surface area contributed by atoms with E-state index in [0.717, 1.165) is 11.1 Å². The van der Waals surface area contributed by atoms with Crippen LogP contribution in [0.15, 0.2) is 67.0 Å². The lowest BCUT2D eigenvalue weighted by Crippen LogP contribution is -2.19. The first-order valence-electron chi connectivity index (χ1n) is 8.28. The minimum atomic E-state index is -0.321. The van der Waals surface area contributed by atoms with Gasteiger partial charge in [-0.2, -0.15) is 0 Å². The zero-order valence-electron chi connectivity index (χ0n) is 14.4. The zero-order valence-corrected chi connectivity index (χ0v) is 14.4. The van der Waals surface area contributed by atoms with Crippen LogP contribution in [0.4, 0.5) is 10.1 Å². The standard InChI is InChI=1S/C21H21FN2O/c1-15-6-5-7-17(12-15)20(24-10-3-4-11-24)14-21(25)23-18-9-8-16(2)19(22)13-18/h3-13,20H,14H2,1-2H3,(H,23,25)/t20-/m1/s1. The summed E-state index contributed by atoms with van der Waals surface area (Å²) in [5, 5.41) is 2.79. The molecule has 0 aliphatic carbocycles. The smallest absolute Gasteiger partial charge is 0.226 e. The van der Waals surface area contributed by atoms with Crippen LogP contribution in [0.1, 0.15) is 29.2 Å². The third-order valence-corrected chi connectivity index (χ3v) is 4.25. The van der Waals surface area contributed by atoms with E-state index in [9.17, 15) is 9.18 Å². The summed E-state index contributed by atoms with van der Waals surface area (Å²) in [4.78, 5) is 12.5. The maximum Gasteiger partial charge on any atom is 0.226 e. The highest BCUT2D eigenvalue weighted by Crippen LogP contribution is 2.24. The third kappa shape index (κ3) is 4.15. The molecule has 3 rings (SSSR count). The molecule has 0 radical (unpaired) electrons. The predicted molar refractivity (Wildman–Crippen MR) is 98.1 cm³/mol. The number of halogens is 1. The summed E-state index contributed by atoms with van der Waals surface area (Å²) < 4.78 is 15.7. The molecule has 2 aromatic carbocycles. The van der Waals surface area contributed by atoms with E-state index < -0.39 is 0 Å². The van der Waals surface area contributed by atoms with Gasteiger partial charge in [-0.15, -0.1) is 0 Å². The maximum absolute atomic E-state index is 13.7. The van der Waals surface area contributed by atoms with Gasteiger partial charge in [-0.05, 0) is 49.2 Å². The van der Waals surface area contributed by atoms with Crippen LogP contribution in [0.3, 0.4) is 0 Å². The molecule has 0 aliphatic rings. The molecule has 1 aromatic heterocycles. The summed E-state index contributed by atoms with van der Waals surface area (Å²) in [6.07, 6.45) is 4.17. The molecule has 1 heterocycles. The van der Waals surface area contributed by atoms with Gasteiger partial charge < -0.3 is 9.88 Å². The van der Waals surface area contributed by atoms with Crippen LogP contribution in [0.25, 0.3) is 0 Å². The lowest BCUT2D eigenvalue weighted by molar-refractivity contribution is -0.116. The number of hydrogen-bond donors (Lipinski definition) is 1. The minimum absolute atomic E-state index is 0.106. The number of amides is 1. The highest BCUT2D eigenvalue weighted by atomic mass is 19.1. The minimum Gasteiger partial charge on any atom is -0.346 e. The van der Waals surface area contributed by atoms with Crippen molar-refractivity contribution in [2.45, 2.75) is 26.3 Å². The fourth-order valence-corrected chi connectivity index (χ4v) is 2.89. The van der Waals surface area contributed by atoms with Gasteiger partial charge in [0, 0.05) is 18.1 Å². The average Bonchev–Trinajstić information content (AvgIpc) is 3.10. The molecule has 1 atom stereocenters. The Kier molecular flexibility index (Phi) is 4.98. The summed E-state index contributed by atoms with van der Waals surface area (Å²) in [6.45, 7) is 3.73. The molecule has 0 spiro atoms. The number of rotatable bonds is 5. The lowest BCUT2D eigenvalue weighted by Gasteiger charge is -2.20. The van der Waals surface area contributed by atoms with Crippen LogP contribution >= 0.6 is 0 Å².